The minimum atomic E-state index is -0.556. The van der Waals surface area contributed by atoms with Crippen LogP contribution >= 0.6 is 18.6 Å². The summed E-state index contributed by atoms with van der Waals surface area (Å²) in [7, 11) is 13.4. The van der Waals surface area contributed by atoms with Gasteiger partial charge in [0.25, 0.3) is 0 Å². The second kappa shape index (κ2) is 16.5. The van der Waals surface area contributed by atoms with Gasteiger partial charge in [0.15, 0.2) is 0 Å². The van der Waals surface area contributed by atoms with Gasteiger partial charge in [0.2, 0.25) is 0 Å². The van der Waals surface area contributed by atoms with Crippen LogP contribution in [0.1, 0.15) is 25.7 Å². The number of nitrogens with zero attached hydrogens (tertiary/aromatic N) is 2. The summed E-state index contributed by atoms with van der Waals surface area (Å²) < 4.78 is 9.64. The first kappa shape index (κ1) is 24.6. The van der Waals surface area contributed by atoms with Crippen molar-refractivity contribution >= 4 is 40.8 Å². The Labute approximate surface area is 180 Å². The zero-order valence-electron chi connectivity index (χ0n) is 15.8. The molecule has 27 heavy (non-hydrogen) atoms. The molecule has 0 spiro atoms. The molecule has 0 radical (unpaired) electrons. The molecule has 0 N–H and O–H groups in total. The van der Waals surface area contributed by atoms with Crippen molar-refractivity contribution in [2.24, 2.45) is 0 Å². The fraction of sp³-hybridized carbons (Fsp3) is 0.400. The molecule has 0 unspecified atom stereocenters. The molecule has 0 atom stereocenters. The molecule has 2 aromatic carbocycles. The average molecular weight is 445 g/mol. The van der Waals surface area contributed by atoms with Crippen molar-refractivity contribution in [3.8, 4) is 0 Å². The fourth-order valence-electron chi connectivity index (χ4n) is 2.51. The first-order valence-corrected chi connectivity index (χ1v) is 13.1. The molecule has 2 aromatic rings. The van der Waals surface area contributed by atoms with E-state index in [1.54, 1.807) is 14.1 Å². The summed E-state index contributed by atoms with van der Waals surface area (Å²) in [5.41, 5.74) is 2.01. The molecular formula is C20H26Cl2N2O2Ti. The quantitative estimate of drug-likeness (QED) is 0.357. The van der Waals surface area contributed by atoms with Gasteiger partial charge < -0.3 is 20.1 Å². The maximum absolute atomic E-state index is 4.89. The van der Waals surface area contributed by atoms with E-state index in [0.717, 1.165) is 42.8 Å². The molecule has 0 saturated carbocycles. The van der Waals surface area contributed by atoms with Crippen molar-refractivity contribution < 1.29 is 26.5 Å². The Morgan fingerprint density at radius 3 is 1.56 bits per heavy atom. The second-order valence-corrected chi connectivity index (χ2v) is 8.11. The fourth-order valence-corrected chi connectivity index (χ4v) is 2.51. The average Bonchev–Trinajstić information content (AvgIpc) is 3.46. The van der Waals surface area contributed by atoms with Gasteiger partial charge in [0.1, 0.15) is 0 Å². The standard InChI is InChI=1S/C12H12N2.2C4H7O.2ClH.Ti/c1-13-10-7-3-5-9-6-4-8-11(14-2)12(9)10;2*1-2-4-5-3-1;;;/h3-8H,1-2H3;2*3H,1-2,4H2;2*1H;/q-2;2*-1;;;+6/p-2. The summed E-state index contributed by atoms with van der Waals surface area (Å²) in [5, 5.41) is 10.8. The number of fused-ring (bicyclic) bond motifs is 1. The molecule has 4 nitrogen and oxygen atoms in total. The van der Waals surface area contributed by atoms with Crippen molar-refractivity contribution in [1.82, 2.24) is 0 Å². The van der Waals surface area contributed by atoms with Crippen molar-refractivity contribution in [1.29, 1.82) is 0 Å². The summed E-state index contributed by atoms with van der Waals surface area (Å²) in [6.07, 6.45) is 4.75. The summed E-state index contributed by atoms with van der Waals surface area (Å²) in [6, 6.07) is 12.2. The molecule has 0 bridgehead atoms. The van der Waals surface area contributed by atoms with Gasteiger partial charge in [-0.25, -0.2) is 13.2 Å². The zero-order chi connectivity index (χ0) is 19.7. The SMILES string of the molecule is C[N-]c1cccc2cccc([N-]C)c12.[CH-]1CCCO1.[CH-]1CCCO1.[Cl][Ti+4][Cl]. The monoisotopic (exact) mass is 444 g/mol. The van der Waals surface area contributed by atoms with Gasteiger partial charge in [-0.2, -0.15) is 12.8 Å². The van der Waals surface area contributed by atoms with Crippen LogP contribution in [0.3, 0.4) is 0 Å². The van der Waals surface area contributed by atoms with Crippen LogP contribution in [0, 0.1) is 13.2 Å². The zero-order valence-corrected chi connectivity index (χ0v) is 18.9. The predicted octanol–water partition coefficient (Wildman–Crippen LogP) is 7.40. The molecule has 2 fully saturated rings. The van der Waals surface area contributed by atoms with Gasteiger partial charge in [-0.05, 0) is 10.8 Å². The van der Waals surface area contributed by atoms with Gasteiger partial charge in [-0.1, -0.05) is 49.2 Å². The van der Waals surface area contributed by atoms with E-state index >= 15 is 0 Å². The molecule has 0 aromatic heterocycles. The van der Waals surface area contributed by atoms with E-state index in [9.17, 15) is 0 Å². The van der Waals surface area contributed by atoms with Gasteiger partial charge in [-0.3, -0.25) is 0 Å². The Kier molecular flexibility index (Phi) is 15.0. The molecule has 4 rings (SSSR count). The second-order valence-electron chi connectivity index (χ2n) is 5.53. The summed E-state index contributed by atoms with van der Waals surface area (Å²) in [5.74, 6) is 0. The first-order valence-electron chi connectivity index (χ1n) is 8.82. The molecule has 7 heteroatoms. The number of benzene rings is 2. The van der Waals surface area contributed by atoms with Crippen molar-refractivity contribution in [3.05, 3.63) is 60.2 Å². The molecule has 2 heterocycles. The van der Waals surface area contributed by atoms with Crippen LogP contribution in [-0.4, -0.2) is 27.3 Å². The van der Waals surface area contributed by atoms with Crippen LogP contribution < -0.4 is 0 Å². The number of hydrogen-bond acceptors (Lipinski definition) is 2. The van der Waals surface area contributed by atoms with E-state index in [4.69, 9.17) is 28.1 Å². The molecular weight excluding hydrogens is 419 g/mol. The summed E-state index contributed by atoms with van der Waals surface area (Å²) in [6.45, 7) is 5.61. The molecule has 0 aliphatic carbocycles. The Balaban J connectivity index is 0.000000228. The van der Waals surface area contributed by atoms with Crippen LogP contribution in [-0.2, 0) is 26.5 Å². The summed E-state index contributed by atoms with van der Waals surface area (Å²) in [4.78, 5) is 0. The van der Waals surface area contributed by atoms with Crippen molar-refractivity contribution in [3.63, 3.8) is 0 Å². The Hall–Kier alpha value is -0.486. The Morgan fingerprint density at radius 2 is 1.30 bits per heavy atom. The van der Waals surface area contributed by atoms with E-state index in [2.05, 4.69) is 22.8 Å². The first-order chi connectivity index (χ1) is 13.3. The topological polar surface area (TPSA) is 46.7 Å². The van der Waals surface area contributed by atoms with E-state index in [1.165, 1.54) is 18.2 Å². The van der Waals surface area contributed by atoms with E-state index in [-0.39, 0.29) is 0 Å². The van der Waals surface area contributed by atoms with E-state index < -0.39 is 17.0 Å². The maximum atomic E-state index is 4.89. The number of rotatable bonds is 2. The normalized spacial score (nSPS) is 15.0. The number of hydrogen-bond donors (Lipinski definition) is 0. The van der Waals surface area contributed by atoms with Crippen LogP contribution in [0.5, 0.6) is 0 Å². The van der Waals surface area contributed by atoms with Gasteiger partial charge in [-0.15, -0.1) is 25.5 Å². The van der Waals surface area contributed by atoms with Gasteiger partial charge in [0.05, 0.1) is 0 Å². The van der Waals surface area contributed by atoms with Crippen LogP contribution in [0.15, 0.2) is 36.4 Å². The van der Waals surface area contributed by atoms with Crippen LogP contribution in [0.4, 0.5) is 11.4 Å². The number of ether oxygens (including phenoxy) is 2. The number of halogens is 2. The molecule has 2 aliphatic heterocycles. The third-order valence-corrected chi connectivity index (χ3v) is 3.75. The van der Waals surface area contributed by atoms with Gasteiger partial charge in [0, 0.05) is 13.2 Å². The Morgan fingerprint density at radius 1 is 0.852 bits per heavy atom. The minimum absolute atomic E-state index is 0.556. The Bertz CT molecular complexity index is 560. The predicted molar refractivity (Wildman–Crippen MR) is 113 cm³/mol. The van der Waals surface area contributed by atoms with Crippen LogP contribution in [0.25, 0.3) is 21.4 Å². The van der Waals surface area contributed by atoms with Gasteiger partial charge >= 0.3 is 35.6 Å². The van der Waals surface area contributed by atoms with E-state index in [1.807, 2.05) is 37.5 Å². The molecule has 2 saturated heterocycles. The third-order valence-electron chi connectivity index (χ3n) is 3.75. The molecule has 146 valence electrons. The van der Waals surface area contributed by atoms with Crippen molar-refractivity contribution in [2.45, 2.75) is 25.7 Å². The third kappa shape index (κ3) is 10.0. The molecule has 0 amide bonds. The summed E-state index contributed by atoms with van der Waals surface area (Å²) >= 11 is -0.556. The van der Waals surface area contributed by atoms with E-state index in [0.29, 0.717) is 0 Å². The molecule has 2 aliphatic rings. The van der Waals surface area contributed by atoms with Crippen molar-refractivity contribution in [2.75, 3.05) is 27.3 Å². The van der Waals surface area contributed by atoms with Crippen LogP contribution in [0.2, 0.25) is 0 Å².